The summed E-state index contributed by atoms with van der Waals surface area (Å²) >= 11 is 0. The van der Waals surface area contributed by atoms with Crippen molar-refractivity contribution in [3.63, 3.8) is 0 Å². The van der Waals surface area contributed by atoms with Gasteiger partial charge in [0.25, 0.3) is 0 Å². The number of benzene rings is 3. The van der Waals surface area contributed by atoms with Crippen LogP contribution in [0, 0.1) is 0 Å². The first kappa shape index (κ1) is 15.0. The van der Waals surface area contributed by atoms with Gasteiger partial charge in [0.2, 0.25) is 0 Å². The molecule has 0 bridgehead atoms. The van der Waals surface area contributed by atoms with E-state index in [-0.39, 0.29) is 0 Å². The summed E-state index contributed by atoms with van der Waals surface area (Å²) in [6, 6.07) is 27.6. The van der Waals surface area contributed by atoms with Gasteiger partial charge in [0.05, 0.1) is 11.0 Å². The Morgan fingerprint density at radius 2 is 1.27 bits per heavy atom. The molecule has 0 spiro atoms. The minimum atomic E-state index is 0.675. The predicted octanol–water partition coefficient (Wildman–Crippen LogP) is 4.64. The van der Waals surface area contributed by atoms with Crippen molar-refractivity contribution in [1.29, 1.82) is 0 Å². The van der Waals surface area contributed by atoms with Gasteiger partial charge in [-0.2, -0.15) is 0 Å². The van der Waals surface area contributed by atoms with Crippen LogP contribution < -0.4 is 5.46 Å². The highest BCUT2D eigenvalue weighted by atomic mass is 15.0. The molecule has 0 atom stereocenters. The molecule has 2 radical (unpaired) electrons. The van der Waals surface area contributed by atoms with Crippen LogP contribution in [0.15, 0.2) is 91.3 Å². The van der Waals surface area contributed by atoms with Gasteiger partial charge in [-0.15, -0.1) is 0 Å². The highest BCUT2D eigenvalue weighted by molar-refractivity contribution is 6.32. The Morgan fingerprint density at radius 1 is 0.654 bits per heavy atom. The summed E-state index contributed by atoms with van der Waals surface area (Å²) in [5.74, 6) is 0. The highest BCUT2D eigenvalue weighted by Gasteiger charge is 2.11. The SMILES string of the molecule is [B]c1cncc(-c2ccc(-n3c4ccccc4c4ccccc43)cc2)c1. The van der Waals surface area contributed by atoms with E-state index in [0.717, 1.165) is 16.8 Å². The number of nitrogens with zero attached hydrogens (tertiary/aromatic N) is 2. The number of hydrogen-bond acceptors (Lipinski definition) is 1. The van der Waals surface area contributed by atoms with Gasteiger partial charge in [-0.05, 0) is 35.4 Å². The molecule has 2 heterocycles. The molecule has 2 aromatic heterocycles. The van der Waals surface area contributed by atoms with Crippen molar-refractivity contribution in [3.05, 3.63) is 91.3 Å². The number of para-hydroxylation sites is 2. The lowest BCUT2D eigenvalue weighted by atomic mass is 9.95. The third kappa shape index (κ3) is 2.32. The first-order chi connectivity index (χ1) is 12.8. The summed E-state index contributed by atoms with van der Waals surface area (Å²) in [6.45, 7) is 0. The van der Waals surface area contributed by atoms with Gasteiger partial charge in [0.1, 0.15) is 7.85 Å². The summed E-state index contributed by atoms with van der Waals surface area (Å²) < 4.78 is 2.31. The average molecular weight is 330 g/mol. The van der Waals surface area contributed by atoms with E-state index in [2.05, 4.69) is 82.3 Å². The van der Waals surface area contributed by atoms with E-state index in [1.807, 2.05) is 12.3 Å². The van der Waals surface area contributed by atoms with Gasteiger partial charge < -0.3 is 4.57 Å². The predicted molar refractivity (Wildman–Crippen MR) is 109 cm³/mol. The molecule has 0 fully saturated rings. The smallest absolute Gasteiger partial charge is 0.115 e. The second-order valence-corrected chi connectivity index (χ2v) is 6.42. The van der Waals surface area contributed by atoms with Crippen LogP contribution in [-0.2, 0) is 0 Å². The average Bonchev–Trinajstić information content (AvgIpc) is 3.03. The van der Waals surface area contributed by atoms with Crippen LogP contribution in [0.25, 0.3) is 38.6 Å². The number of pyridine rings is 1. The van der Waals surface area contributed by atoms with Crippen molar-refractivity contribution in [3.8, 4) is 16.8 Å². The van der Waals surface area contributed by atoms with Crippen molar-refractivity contribution in [2.45, 2.75) is 0 Å². The van der Waals surface area contributed by atoms with Crippen LogP contribution >= 0.6 is 0 Å². The lowest BCUT2D eigenvalue weighted by Crippen LogP contribution is -2.02. The molecule has 0 unspecified atom stereocenters. The zero-order chi connectivity index (χ0) is 17.5. The molecule has 0 amide bonds. The first-order valence-electron chi connectivity index (χ1n) is 8.61. The van der Waals surface area contributed by atoms with Gasteiger partial charge in [0, 0.05) is 28.9 Å². The van der Waals surface area contributed by atoms with Gasteiger partial charge in [-0.25, -0.2) is 0 Å². The number of rotatable bonds is 2. The molecular formula is C23H15BN2. The Balaban J connectivity index is 1.70. The van der Waals surface area contributed by atoms with Crippen molar-refractivity contribution in [1.82, 2.24) is 9.55 Å². The Labute approximate surface area is 153 Å². The van der Waals surface area contributed by atoms with E-state index in [9.17, 15) is 0 Å². The quantitative estimate of drug-likeness (QED) is 0.431. The Morgan fingerprint density at radius 3 is 1.88 bits per heavy atom. The Kier molecular flexibility index (Phi) is 3.39. The molecule has 0 aliphatic rings. The molecule has 0 N–H and O–H groups in total. The minimum Gasteiger partial charge on any atom is -0.309 e. The van der Waals surface area contributed by atoms with E-state index in [0.29, 0.717) is 5.46 Å². The molecule has 0 saturated heterocycles. The number of aromatic nitrogens is 2. The fourth-order valence-corrected chi connectivity index (χ4v) is 3.62. The van der Waals surface area contributed by atoms with Gasteiger partial charge in [-0.1, -0.05) is 60.1 Å². The molecule has 3 aromatic carbocycles. The fraction of sp³-hybridized carbons (Fsp3) is 0. The molecule has 0 saturated carbocycles. The lowest BCUT2D eigenvalue weighted by Gasteiger charge is -2.09. The molecule has 0 aliphatic heterocycles. The Hall–Kier alpha value is -3.33. The zero-order valence-electron chi connectivity index (χ0n) is 14.1. The molecule has 5 rings (SSSR count). The standard InChI is InChI=1S/C23H15BN2/c24-18-13-17(14-25-15-18)16-9-11-19(12-10-16)26-22-7-3-1-5-20(22)21-6-2-4-8-23(21)26/h1-15H. The van der Waals surface area contributed by atoms with Crippen LogP contribution in [0.1, 0.15) is 0 Å². The molecule has 0 aliphatic carbocycles. The molecule has 120 valence electrons. The molecule has 2 nitrogen and oxygen atoms in total. The third-order valence-corrected chi connectivity index (χ3v) is 4.80. The van der Waals surface area contributed by atoms with Crippen LogP contribution in [0.2, 0.25) is 0 Å². The van der Waals surface area contributed by atoms with Crippen molar-refractivity contribution in [2.75, 3.05) is 0 Å². The van der Waals surface area contributed by atoms with Gasteiger partial charge in [-0.3, -0.25) is 4.98 Å². The fourth-order valence-electron chi connectivity index (χ4n) is 3.62. The van der Waals surface area contributed by atoms with Gasteiger partial charge in [0.15, 0.2) is 0 Å². The van der Waals surface area contributed by atoms with Crippen molar-refractivity contribution < 1.29 is 0 Å². The first-order valence-corrected chi connectivity index (χ1v) is 8.61. The highest BCUT2D eigenvalue weighted by Crippen LogP contribution is 2.32. The van der Waals surface area contributed by atoms with Crippen molar-refractivity contribution >= 4 is 35.1 Å². The zero-order valence-corrected chi connectivity index (χ0v) is 14.1. The summed E-state index contributed by atoms with van der Waals surface area (Å²) in [7, 11) is 5.86. The summed E-state index contributed by atoms with van der Waals surface area (Å²) in [6.07, 6.45) is 3.50. The molecule has 5 aromatic rings. The summed E-state index contributed by atoms with van der Waals surface area (Å²) in [4.78, 5) is 4.18. The molecular weight excluding hydrogens is 315 g/mol. The van der Waals surface area contributed by atoms with Crippen LogP contribution in [0.4, 0.5) is 0 Å². The van der Waals surface area contributed by atoms with E-state index in [1.165, 1.54) is 21.8 Å². The van der Waals surface area contributed by atoms with E-state index in [1.54, 1.807) is 6.20 Å². The topological polar surface area (TPSA) is 17.8 Å². The number of hydrogen-bond donors (Lipinski definition) is 0. The van der Waals surface area contributed by atoms with E-state index in [4.69, 9.17) is 7.85 Å². The second kappa shape index (κ2) is 5.89. The number of fused-ring (bicyclic) bond motifs is 3. The second-order valence-electron chi connectivity index (χ2n) is 6.42. The Bertz CT molecular complexity index is 1180. The van der Waals surface area contributed by atoms with Crippen LogP contribution in [-0.4, -0.2) is 17.4 Å². The van der Waals surface area contributed by atoms with Gasteiger partial charge >= 0.3 is 0 Å². The molecule has 26 heavy (non-hydrogen) atoms. The van der Waals surface area contributed by atoms with E-state index >= 15 is 0 Å². The maximum atomic E-state index is 5.86. The minimum absolute atomic E-state index is 0.675. The van der Waals surface area contributed by atoms with E-state index < -0.39 is 0 Å². The third-order valence-electron chi connectivity index (χ3n) is 4.80. The monoisotopic (exact) mass is 330 g/mol. The maximum Gasteiger partial charge on any atom is 0.115 e. The van der Waals surface area contributed by atoms with Crippen LogP contribution in [0.5, 0.6) is 0 Å². The summed E-state index contributed by atoms with van der Waals surface area (Å²) in [5, 5.41) is 2.54. The van der Waals surface area contributed by atoms with Crippen LogP contribution in [0.3, 0.4) is 0 Å². The molecule has 3 heteroatoms. The summed E-state index contributed by atoms with van der Waals surface area (Å²) in [5.41, 5.74) is 6.38. The van der Waals surface area contributed by atoms with Crippen molar-refractivity contribution in [2.24, 2.45) is 0 Å². The maximum absolute atomic E-state index is 5.86. The lowest BCUT2D eigenvalue weighted by molar-refractivity contribution is 1.18. The normalized spacial score (nSPS) is 11.2. The largest absolute Gasteiger partial charge is 0.309 e.